The number of nitrogens with zero attached hydrogens (tertiary/aromatic N) is 3. The van der Waals surface area contributed by atoms with E-state index in [0.29, 0.717) is 29.0 Å². The third kappa shape index (κ3) is 4.90. The van der Waals surface area contributed by atoms with Crippen molar-refractivity contribution < 1.29 is 14.0 Å². The van der Waals surface area contributed by atoms with Crippen molar-refractivity contribution in [1.29, 1.82) is 0 Å². The normalized spacial score (nSPS) is 15.2. The number of thioether (sulfide) groups is 1. The summed E-state index contributed by atoms with van der Waals surface area (Å²) in [4.78, 5) is 27.9. The van der Waals surface area contributed by atoms with Crippen LogP contribution < -0.4 is 5.32 Å². The Morgan fingerprint density at radius 2 is 1.67 bits per heavy atom. The lowest BCUT2D eigenvalue weighted by Crippen LogP contribution is -2.44. The van der Waals surface area contributed by atoms with E-state index < -0.39 is 6.04 Å². The Morgan fingerprint density at radius 1 is 0.917 bits per heavy atom. The third-order valence-electron chi connectivity index (χ3n) is 6.29. The van der Waals surface area contributed by atoms with Crippen molar-refractivity contribution in [3.63, 3.8) is 0 Å². The molecule has 36 heavy (non-hydrogen) atoms. The summed E-state index contributed by atoms with van der Waals surface area (Å²) in [5, 5.41) is 11.3. The fraction of sp³-hybridized carbons (Fsp3) is 0.214. The number of aryl methyl sites for hydroxylation is 3. The monoisotopic (exact) mass is 498 g/mol. The molecule has 1 atom stereocenters. The summed E-state index contributed by atoms with van der Waals surface area (Å²) in [6.07, 6.45) is 0. The number of carbonyl (C=O) groups is 2. The molecule has 2 heterocycles. The molecule has 0 saturated carbocycles. The van der Waals surface area contributed by atoms with Crippen LogP contribution in [-0.2, 0) is 4.79 Å². The Balaban J connectivity index is 1.29. The standard InChI is InChI=1S/C28H26N4O3S/c1-17-5-4-6-22(13-17)27-31-30-26(35-27)20-8-10-21(11-9-20)28(34)32-16-36-15-24(32)25(33)29-23-12-7-18(2)19(3)14-23/h4-14,24H,15-16H2,1-3H3,(H,29,33). The van der Waals surface area contributed by atoms with Crippen LogP contribution in [-0.4, -0.2) is 44.6 Å². The fourth-order valence-electron chi connectivity index (χ4n) is 4.06. The molecule has 1 aromatic heterocycles. The van der Waals surface area contributed by atoms with Crippen LogP contribution in [0.15, 0.2) is 71.1 Å². The zero-order valence-corrected chi connectivity index (χ0v) is 21.1. The van der Waals surface area contributed by atoms with Crippen LogP contribution in [0.25, 0.3) is 22.9 Å². The summed E-state index contributed by atoms with van der Waals surface area (Å²) in [6, 6.07) is 20.2. The van der Waals surface area contributed by atoms with Gasteiger partial charge in [0.25, 0.3) is 5.91 Å². The molecule has 5 rings (SSSR count). The molecule has 2 amide bonds. The molecule has 0 radical (unpaired) electrons. The molecule has 1 aliphatic rings. The van der Waals surface area contributed by atoms with Crippen molar-refractivity contribution >= 4 is 29.3 Å². The average Bonchev–Trinajstić information content (AvgIpc) is 3.57. The first-order valence-electron chi connectivity index (χ1n) is 11.7. The molecule has 1 saturated heterocycles. The van der Waals surface area contributed by atoms with Crippen LogP contribution >= 0.6 is 11.8 Å². The van der Waals surface area contributed by atoms with Gasteiger partial charge in [0.2, 0.25) is 17.7 Å². The van der Waals surface area contributed by atoms with Crippen LogP contribution in [0.4, 0.5) is 5.69 Å². The van der Waals surface area contributed by atoms with E-state index in [1.165, 1.54) is 0 Å². The molecule has 4 aromatic rings. The highest BCUT2D eigenvalue weighted by Crippen LogP contribution is 2.27. The van der Waals surface area contributed by atoms with Gasteiger partial charge in [-0.05, 0) is 80.4 Å². The van der Waals surface area contributed by atoms with Crippen LogP contribution in [0.1, 0.15) is 27.0 Å². The van der Waals surface area contributed by atoms with Gasteiger partial charge < -0.3 is 14.6 Å². The summed E-state index contributed by atoms with van der Waals surface area (Å²) in [7, 11) is 0. The summed E-state index contributed by atoms with van der Waals surface area (Å²) in [5.74, 6) is 1.49. The van der Waals surface area contributed by atoms with Gasteiger partial charge in [-0.15, -0.1) is 22.0 Å². The SMILES string of the molecule is Cc1cccc(-c2nnc(-c3ccc(C(=O)N4CSCC4C(=O)Nc4ccc(C)c(C)c4)cc3)o2)c1. The molecule has 1 aliphatic heterocycles. The van der Waals surface area contributed by atoms with Gasteiger partial charge in [0.1, 0.15) is 6.04 Å². The summed E-state index contributed by atoms with van der Waals surface area (Å²) >= 11 is 1.57. The van der Waals surface area contributed by atoms with Crippen molar-refractivity contribution in [2.45, 2.75) is 26.8 Å². The zero-order valence-electron chi connectivity index (χ0n) is 20.3. The van der Waals surface area contributed by atoms with E-state index in [9.17, 15) is 9.59 Å². The molecular formula is C28H26N4O3S. The second-order valence-corrected chi connectivity index (χ2v) is 9.94. The minimum Gasteiger partial charge on any atom is -0.416 e. The number of rotatable bonds is 5. The fourth-order valence-corrected chi connectivity index (χ4v) is 5.21. The maximum atomic E-state index is 13.3. The van der Waals surface area contributed by atoms with Crippen LogP contribution in [0.5, 0.6) is 0 Å². The maximum absolute atomic E-state index is 13.3. The Labute approximate surface area is 213 Å². The molecule has 7 nitrogen and oxygen atoms in total. The molecular weight excluding hydrogens is 472 g/mol. The molecule has 182 valence electrons. The van der Waals surface area contributed by atoms with Crippen molar-refractivity contribution in [2.75, 3.05) is 16.9 Å². The first kappa shape index (κ1) is 23.8. The predicted molar refractivity (Wildman–Crippen MR) is 142 cm³/mol. The minimum absolute atomic E-state index is 0.178. The molecule has 0 spiro atoms. The van der Waals surface area contributed by atoms with E-state index in [1.54, 1.807) is 40.9 Å². The number of carbonyl (C=O) groups excluding carboxylic acids is 2. The van der Waals surface area contributed by atoms with E-state index in [1.807, 2.05) is 63.2 Å². The first-order chi connectivity index (χ1) is 17.4. The predicted octanol–water partition coefficient (Wildman–Crippen LogP) is 5.48. The molecule has 1 unspecified atom stereocenters. The molecule has 1 N–H and O–H groups in total. The van der Waals surface area contributed by atoms with Crippen molar-refractivity contribution in [3.05, 3.63) is 89.0 Å². The van der Waals surface area contributed by atoms with Gasteiger partial charge in [-0.25, -0.2) is 0 Å². The van der Waals surface area contributed by atoms with Gasteiger partial charge in [-0.2, -0.15) is 0 Å². The van der Waals surface area contributed by atoms with E-state index in [0.717, 1.165) is 33.5 Å². The maximum Gasteiger partial charge on any atom is 0.255 e. The first-order valence-corrected chi connectivity index (χ1v) is 12.8. The number of hydrogen-bond donors (Lipinski definition) is 1. The van der Waals surface area contributed by atoms with Crippen LogP contribution in [0, 0.1) is 20.8 Å². The van der Waals surface area contributed by atoms with Crippen molar-refractivity contribution in [3.8, 4) is 22.9 Å². The van der Waals surface area contributed by atoms with Gasteiger partial charge >= 0.3 is 0 Å². The highest BCUT2D eigenvalue weighted by Gasteiger charge is 2.35. The van der Waals surface area contributed by atoms with Gasteiger partial charge in [-0.3, -0.25) is 9.59 Å². The van der Waals surface area contributed by atoms with E-state index in [2.05, 4.69) is 15.5 Å². The largest absolute Gasteiger partial charge is 0.416 e. The topological polar surface area (TPSA) is 88.3 Å². The Morgan fingerprint density at radius 3 is 2.39 bits per heavy atom. The number of hydrogen-bond acceptors (Lipinski definition) is 6. The second kappa shape index (κ2) is 9.99. The average molecular weight is 499 g/mol. The lowest BCUT2D eigenvalue weighted by Gasteiger charge is -2.23. The summed E-state index contributed by atoms with van der Waals surface area (Å²) < 4.78 is 5.86. The number of benzene rings is 3. The number of aromatic nitrogens is 2. The van der Waals surface area contributed by atoms with E-state index in [4.69, 9.17) is 4.42 Å². The van der Waals surface area contributed by atoms with Gasteiger partial charge in [-0.1, -0.05) is 23.8 Å². The second-order valence-electron chi connectivity index (χ2n) is 8.94. The number of anilines is 1. The Bertz CT molecular complexity index is 1430. The highest BCUT2D eigenvalue weighted by atomic mass is 32.2. The molecule has 0 bridgehead atoms. The minimum atomic E-state index is -0.531. The third-order valence-corrected chi connectivity index (χ3v) is 7.30. The lowest BCUT2D eigenvalue weighted by molar-refractivity contribution is -0.119. The van der Waals surface area contributed by atoms with Gasteiger partial charge in [0.05, 0.1) is 5.88 Å². The summed E-state index contributed by atoms with van der Waals surface area (Å²) in [5.41, 5.74) is 6.20. The molecule has 3 aromatic carbocycles. The van der Waals surface area contributed by atoms with Crippen molar-refractivity contribution in [1.82, 2.24) is 15.1 Å². The zero-order chi connectivity index (χ0) is 25.2. The number of nitrogens with one attached hydrogen (secondary N) is 1. The van der Waals surface area contributed by atoms with Crippen LogP contribution in [0.2, 0.25) is 0 Å². The Hall–Kier alpha value is -3.91. The summed E-state index contributed by atoms with van der Waals surface area (Å²) in [6.45, 7) is 6.04. The molecule has 0 aliphatic carbocycles. The smallest absolute Gasteiger partial charge is 0.255 e. The van der Waals surface area contributed by atoms with Gasteiger partial charge in [0.15, 0.2) is 0 Å². The van der Waals surface area contributed by atoms with Gasteiger partial charge in [0, 0.05) is 28.1 Å². The quantitative estimate of drug-likeness (QED) is 0.392. The Kier molecular flexibility index (Phi) is 6.61. The van der Waals surface area contributed by atoms with Crippen molar-refractivity contribution in [2.24, 2.45) is 0 Å². The number of amides is 2. The van der Waals surface area contributed by atoms with Crippen LogP contribution in [0.3, 0.4) is 0 Å². The van der Waals surface area contributed by atoms with E-state index >= 15 is 0 Å². The van der Waals surface area contributed by atoms with E-state index in [-0.39, 0.29) is 11.8 Å². The lowest BCUT2D eigenvalue weighted by atomic mass is 10.1. The highest BCUT2D eigenvalue weighted by molar-refractivity contribution is 7.99. The molecule has 1 fully saturated rings. The molecule has 8 heteroatoms.